The van der Waals surface area contributed by atoms with Crippen molar-refractivity contribution >= 4 is 29.0 Å². The van der Waals surface area contributed by atoms with Gasteiger partial charge in [-0.15, -0.1) is 0 Å². The summed E-state index contributed by atoms with van der Waals surface area (Å²) in [5.74, 6) is 0.315. The van der Waals surface area contributed by atoms with Crippen molar-refractivity contribution in [3.05, 3.63) is 71.7 Å². The quantitative estimate of drug-likeness (QED) is 0.640. The molecule has 3 N–H and O–H groups in total. The van der Waals surface area contributed by atoms with E-state index in [4.69, 9.17) is 0 Å². The number of carbonyl (C=O) groups excluding carboxylic acids is 1. The first-order valence-electron chi connectivity index (χ1n) is 8.61. The first kappa shape index (κ1) is 14.9. The normalized spacial score (nSPS) is 19.5. The fraction of sp³-hybridized carbons (Fsp3) is 0.150. The number of H-pyrrole nitrogens is 1. The van der Waals surface area contributed by atoms with Gasteiger partial charge in [0.25, 0.3) is 5.91 Å². The first-order chi connectivity index (χ1) is 12.7. The number of hydrogen-bond donors (Lipinski definition) is 3. The lowest BCUT2D eigenvalue weighted by Crippen LogP contribution is -2.42. The molecule has 2 aromatic heterocycles. The number of nitrogens with one attached hydrogen (secondary N) is 3. The van der Waals surface area contributed by atoms with E-state index < -0.39 is 0 Å². The summed E-state index contributed by atoms with van der Waals surface area (Å²) in [4.78, 5) is 24.2. The van der Waals surface area contributed by atoms with Crippen molar-refractivity contribution in [1.29, 1.82) is 0 Å². The largest absolute Gasteiger partial charge is 0.346 e. The van der Waals surface area contributed by atoms with Crippen LogP contribution in [0.1, 0.15) is 24.0 Å². The predicted molar refractivity (Wildman–Crippen MR) is 100 cm³/mol. The number of guanidine groups is 1. The standard InChI is InChI=1S/C20H17N5O/c26-18-16(11-13-12-22-17-15(13)7-4-10-21-17)23-19(24-18)25-20(8-9-20)14-5-2-1-3-6-14/h1-7,10-12H,8-9H2,(H,21,22)(H2,23,24,25,26)/b16-11-. The van der Waals surface area contributed by atoms with E-state index in [9.17, 15) is 4.79 Å². The number of carbonyl (C=O) groups is 1. The van der Waals surface area contributed by atoms with Gasteiger partial charge in [-0.25, -0.2) is 9.98 Å². The summed E-state index contributed by atoms with van der Waals surface area (Å²) in [6.07, 6.45) is 7.41. The second kappa shape index (κ2) is 5.56. The summed E-state index contributed by atoms with van der Waals surface area (Å²) in [5, 5.41) is 7.22. The van der Waals surface area contributed by atoms with Gasteiger partial charge < -0.3 is 10.3 Å². The summed E-state index contributed by atoms with van der Waals surface area (Å²) in [6.45, 7) is 0. The van der Waals surface area contributed by atoms with Crippen molar-refractivity contribution in [2.24, 2.45) is 4.99 Å². The summed E-state index contributed by atoms with van der Waals surface area (Å²) >= 11 is 0. The molecule has 6 nitrogen and oxygen atoms in total. The molecule has 5 rings (SSSR count). The Morgan fingerprint density at radius 3 is 2.77 bits per heavy atom. The maximum absolute atomic E-state index is 12.3. The van der Waals surface area contributed by atoms with Crippen LogP contribution in [0.15, 0.2) is 65.5 Å². The van der Waals surface area contributed by atoms with E-state index >= 15 is 0 Å². The summed E-state index contributed by atoms with van der Waals surface area (Å²) in [5.41, 5.74) is 3.18. The Labute approximate surface area is 150 Å². The molecular weight excluding hydrogens is 326 g/mol. The highest BCUT2D eigenvalue weighted by Crippen LogP contribution is 2.45. The molecule has 0 spiro atoms. The third-order valence-corrected chi connectivity index (χ3v) is 4.91. The van der Waals surface area contributed by atoms with Crippen LogP contribution >= 0.6 is 0 Å². The number of hydrogen-bond acceptors (Lipinski definition) is 4. The van der Waals surface area contributed by atoms with E-state index in [1.165, 1.54) is 5.56 Å². The minimum absolute atomic E-state index is 0.118. The molecule has 1 fully saturated rings. The van der Waals surface area contributed by atoms with E-state index in [1.54, 1.807) is 12.3 Å². The molecule has 1 saturated carbocycles. The number of nitrogens with zero attached hydrogens (tertiary/aromatic N) is 2. The Bertz CT molecular complexity index is 1060. The molecule has 0 unspecified atom stereocenters. The van der Waals surface area contributed by atoms with Gasteiger partial charge in [0, 0.05) is 23.3 Å². The number of rotatable bonds is 3. The van der Waals surface area contributed by atoms with Gasteiger partial charge in [0.1, 0.15) is 11.3 Å². The zero-order valence-electron chi connectivity index (χ0n) is 14.0. The highest BCUT2D eigenvalue weighted by atomic mass is 16.2. The molecule has 6 heteroatoms. The van der Waals surface area contributed by atoms with Crippen molar-refractivity contribution in [1.82, 2.24) is 20.6 Å². The molecule has 0 bridgehead atoms. The van der Waals surface area contributed by atoms with Gasteiger partial charge >= 0.3 is 0 Å². The van der Waals surface area contributed by atoms with Crippen molar-refractivity contribution in [3.63, 3.8) is 0 Å². The molecule has 1 aliphatic heterocycles. The van der Waals surface area contributed by atoms with Gasteiger partial charge in [-0.3, -0.25) is 10.1 Å². The first-order valence-corrected chi connectivity index (χ1v) is 8.61. The zero-order chi connectivity index (χ0) is 17.6. The number of amides is 1. The van der Waals surface area contributed by atoms with Crippen LogP contribution in [0, 0.1) is 0 Å². The maximum Gasteiger partial charge on any atom is 0.276 e. The lowest BCUT2D eigenvalue weighted by Gasteiger charge is -2.18. The molecule has 26 heavy (non-hydrogen) atoms. The van der Waals surface area contributed by atoms with Gasteiger partial charge in [-0.2, -0.15) is 0 Å². The second-order valence-corrected chi connectivity index (χ2v) is 6.66. The monoisotopic (exact) mass is 343 g/mol. The van der Waals surface area contributed by atoms with E-state index in [1.807, 2.05) is 36.5 Å². The summed E-state index contributed by atoms with van der Waals surface area (Å²) < 4.78 is 0. The van der Waals surface area contributed by atoms with Crippen LogP contribution in [0.5, 0.6) is 0 Å². The topological polar surface area (TPSA) is 82.2 Å². The molecule has 3 heterocycles. The number of aromatic nitrogens is 2. The molecule has 2 aliphatic rings. The minimum atomic E-state index is -0.199. The zero-order valence-corrected chi connectivity index (χ0v) is 14.0. The molecule has 0 atom stereocenters. The van der Waals surface area contributed by atoms with Crippen molar-refractivity contribution in [3.8, 4) is 0 Å². The molecule has 1 amide bonds. The highest BCUT2D eigenvalue weighted by molar-refractivity contribution is 6.14. The average molecular weight is 343 g/mol. The van der Waals surface area contributed by atoms with E-state index in [0.29, 0.717) is 11.7 Å². The van der Waals surface area contributed by atoms with E-state index in [2.05, 4.69) is 37.7 Å². The molecule has 1 aliphatic carbocycles. The van der Waals surface area contributed by atoms with Crippen molar-refractivity contribution < 1.29 is 4.79 Å². The van der Waals surface area contributed by atoms with Gasteiger partial charge in [0.15, 0.2) is 0 Å². The predicted octanol–water partition coefficient (Wildman–Crippen LogP) is 2.67. The maximum atomic E-state index is 12.3. The van der Waals surface area contributed by atoms with Crippen molar-refractivity contribution in [2.45, 2.75) is 18.4 Å². The van der Waals surface area contributed by atoms with Gasteiger partial charge in [0.2, 0.25) is 5.96 Å². The van der Waals surface area contributed by atoms with Crippen LogP contribution in [-0.2, 0) is 10.3 Å². The SMILES string of the molecule is O=C1NC(NC2(c3ccccc3)CC2)=N/C1=C\c1c[nH]c2ncccc12. The number of aromatic amines is 1. The molecule has 128 valence electrons. The molecule has 1 aromatic carbocycles. The molecule has 3 aromatic rings. The summed E-state index contributed by atoms with van der Waals surface area (Å²) in [7, 11) is 0. The lowest BCUT2D eigenvalue weighted by atomic mass is 10.1. The lowest BCUT2D eigenvalue weighted by molar-refractivity contribution is -0.115. The van der Waals surface area contributed by atoms with E-state index in [0.717, 1.165) is 29.4 Å². The van der Waals surface area contributed by atoms with Crippen LogP contribution in [0.4, 0.5) is 0 Å². The average Bonchev–Trinajstić information content (AvgIpc) is 3.22. The number of pyridine rings is 1. The highest BCUT2D eigenvalue weighted by Gasteiger charge is 2.45. The third-order valence-electron chi connectivity index (χ3n) is 4.91. The van der Waals surface area contributed by atoms with Gasteiger partial charge in [0.05, 0.1) is 5.54 Å². The third kappa shape index (κ3) is 2.47. The van der Waals surface area contributed by atoms with Crippen LogP contribution < -0.4 is 10.6 Å². The molecule has 0 radical (unpaired) electrons. The van der Waals surface area contributed by atoms with Crippen LogP contribution in [0.2, 0.25) is 0 Å². The fourth-order valence-corrected chi connectivity index (χ4v) is 3.37. The fourth-order valence-electron chi connectivity index (χ4n) is 3.37. The van der Waals surface area contributed by atoms with Crippen molar-refractivity contribution in [2.75, 3.05) is 0 Å². The van der Waals surface area contributed by atoms with E-state index in [-0.39, 0.29) is 11.4 Å². The number of fused-ring (bicyclic) bond motifs is 1. The van der Waals surface area contributed by atoms with Crippen LogP contribution in [0.3, 0.4) is 0 Å². The Balaban J connectivity index is 1.43. The van der Waals surface area contributed by atoms with Crippen LogP contribution in [-0.4, -0.2) is 21.8 Å². The van der Waals surface area contributed by atoms with Crippen LogP contribution in [0.25, 0.3) is 17.1 Å². The second-order valence-electron chi connectivity index (χ2n) is 6.66. The Hall–Kier alpha value is -3.41. The molecular formula is C20H17N5O. The number of aliphatic imine (C=N–C) groups is 1. The van der Waals surface area contributed by atoms with Gasteiger partial charge in [-0.05, 0) is 36.6 Å². The van der Waals surface area contributed by atoms with Gasteiger partial charge in [-0.1, -0.05) is 30.3 Å². The summed E-state index contributed by atoms with van der Waals surface area (Å²) in [6, 6.07) is 14.1. The molecule has 0 saturated heterocycles. The Morgan fingerprint density at radius 2 is 1.96 bits per heavy atom. The Kier molecular flexibility index (Phi) is 3.18. The Morgan fingerprint density at radius 1 is 1.12 bits per heavy atom. The minimum Gasteiger partial charge on any atom is -0.346 e. The number of benzene rings is 1. The smallest absolute Gasteiger partial charge is 0.276 e.